The van der Waals surface area contributed by atoms with Gasteiger partial charge in [0.1, 0.15) is 11.5 Å². The van der Waals surface area contributed by atoms with Gasteiger partial charge in [0, 0.05) is 11.1 Å². The molecule has 0 fully saturated rings. The number of rotatable bonds is 6. The van der Waals surface area contributed by atoms with Gasteiger partial charge in [-0.05, 0) is 66.7 Å². The standard InChI is InChI=1S/C23H19N3O4/c1-28-17-9-5-15(6-10-17)19-14-20(16-7-11-18(29-2)12-8-16)25-23(24-19)26-22(27)21-4-3-13-30-21/h3-14H,1-2H3,(H,24,25,26,27). The van der Waals surface area contributed by atoms with Crippen LogP contribution in [0.3, 0.4) is 0 Å². The van der Waals surface area contributed by atoms with E-state index in [4.69, 9.17) is 13.9 Å². The Labute approximate surface area is 173 Å². The molecule has 4 rings (SSSR count). The summed E-state index contributed by atoms with van der Waals surface area (Å²) in [5.41, 5.74) is 3.05. The number of carbonyl (C=O) groups excluding carboxylic acids is 1. The molecule has 0 radical (unpaired) electrons. The molecule has 2 aromatic carbocycles. The lowest BCUT2D eigenvalue weighted by atomic mass is 10.1. The van der Waals surface area contributed by atoms with Crippen LogP contribution in [-0.4, -0.2) is 30.1 Å². The fraction of sp³-hybridized carbons (Fsp3) is 0.0870. The van der Waals surface area contributed by atoms with Crippen molar-refractivity contribution < 1.29 is 18.7 Å². The van der Waals surface area contributed by atoms with Gasteiger partial charge in [0.2, 0.25) is 5.95 Å². The van der Waals surface area contributed by atoms with Crippen LogP contribution in [0.1, 0.15) is 10.6 Å². The first-order chi connectivity index (χ1) is 14.7. The molecule has 0 aliphatic carbocycles. The molecule has 2 aromatic heterocycles. The summed E-state index contributed by atoms with van der Waals surface area (Å²) in [6.45, 7) is 0. The Bertz CT molecular complexity index is 1070. The number of amides is 1. The molecule has 150 valence electrons. The number of nitrogens with zero attached hydrogens (tertiary/aromatic N) is 2. The minimum atomic E-state index is -0.424. The highest BCUT2D eigenvalue weighted by Gasteiger charge is 2.14. The van der Waals surface area contributed by atoms with Gasteiger partial charge < -0.3 is 13.9 Å². The molecule has 0 bridgehead atoms. The fourth-order valence-electron chi connectivity index (χ4n) is 2.89. The molecule has 0 atom stereocenters. The van der Waals surface area contributed by atoms with Crippen molar-refractivity contribution >= 4 is 11.9 Å². The molecular weight excluding hydrogens is 382 g/mol. The third-order valence-electron chi connectivity index (χ3n) is 4.47. The number of methoxy groups -OCH3 is 2. The maximum absolute atomic E-state index is 12.4. The van der Waals surface area contributed by atoms with Gasteiger partial charge in [0.25, 0.3) is 5.91 Å². The van der Waals surface area contributed by atoms with Crippen molar-refractivity contribution in [1.29, 1.82) is 0 Å². The molecule has 7 heteroatoms. The Morgan fingerprint density at radius 2 is 1.37 bits per heavy atom. The lowest BCUT2D eigenvalue weighted by Crippen LogP contribution is -2.14. The molecule has 4 aromatic rings. The third-order valence-corrected chi connectivity index (χ3v) is 4.47. The fourth-order valence-corrected chi connectivity index (χ4v) is 2.89. The lowest BCUT2D eigenvalue weighted by Gasteiger charge is -2.10. The summed E-state index contributed by atoms with van der Waals surface area (Å²) in [4.78, 5) is 21.5. The molecule has 1 N–H and O–H groups in total. The van der Waals surface area contributed by atoms with E-state index in [1.165, 1.54) is 6.26 Å². The van der Waals surface area contributed by atoms with E-state index >= 15 is 0 Å². The predicted octanol–water partition coefficient (Wildman–Crippen LogP) is 4.67. The van der Waals surface area contributed by atoms with Crippen LogP contribution in [0.5, 0.6) is 11.5 Å². The van der Waals surface area contributed by atoms with E-state index in [2.05, 4.69) is 15.3 Å². The average molecular weight is 401 g/mol. The minimum absolute atomic E-state index is 0.176. The third kappa shape index (κ3) is 4.15. The van der Waals surface area contributed by atoms with Gasteiger partial charge in [-0.25, -0.2) is 9.97 Å². The van der Waals surface area contributed by atoms with Gasteiger partial charge in [0.15, 0.2) is 5.76 Å². The van der Waals surface area contributed by atoms with Gasteiger partial charge in [-0.1, -0.05) is 0 Å². The van der Waals surface area contributed by atoms with E-state index in [1.807, 2.05) is 54.6 Å². The first kappa shape index (κ1) is 19.2. The van der Waals surface area contributed by atoms with Gasteiger partial charge in [-0.2, -0.15) is 0 Å². The zero-order valence-electron chi connectivity index (χ0n) is 16.5. The van der Waals surface area contributed by atoms with Crippen LogP contribution < -0.4 is 14.8 Å². The first-order valence-electron chi connectivity index (χ1n) is 9.19. The normalized spacial score (nSPS) is 10.5. The van der Waals surface area contributed by atoms with Crippen LogP contribution >= 0.6 is 0 Å². The topological polar surface area (TPSA) is 86.5 Å². The summed E-state index contributed by atoms with van der Waals surface area (Å²) in [7, 11) is 3.23. The molecule has 0 saturated carbocycles. The number of nitrogens with one attached hydrogen (secondary N) is 1. The molecule has 0 aliphatic rings. The quantitative estimate of drug-likeness (QED) is 0.505. The van der Waals surface area contributed by atoms with Crippen LogP contribution in [0.25, 0.3) is 22.5 Å². The SMILES string of the molecule is COc1ccc(-c2cc(-c3ccc(OC)cc3)nc(NC(=O)c3ccco3)n2)cc1. The highest BCUT2D eigenvalue weighted by atomic mass is 16.5. The monoisotopic (exact) mass is 401 g/mol. The van der Waals surface area contributed by atoms with Crippen molar-refractivity contribution in [1.82, 2.24) is 9.97 Å². The Morgan fingerprint density at radius 3 is 1.80 bits per heavy atom. The summed E-state index contributed by atoms with van der Waals surface area (Å²) >= 11 is 0. The van der Waals surface area contributed by atoms with E-state index in [1.54, 1.807) is 26.4 Å². The summed E-state index contributed by atoms with van der Waals surface area (Å²) in [6, 6.07) is 20.1. The molecular formula is C23H19N3O4. The molecule has 1 amide bonds. The lowest BCUT2D eigenvalue weighted by molar-refractivity contribution is 0.0996. The molecule has 2 heterocycles. The number of benzene rings is 2. The molecule has 0 spiro atoms. The second-order valence-electron chi connectivity index (χ2n) is 6.35. The van der Waals surface area contributed by atoms with Crippen LogP contribution in [-0.2, 0) is 0 Å². The Balaban J connectivity index is 1.74. The highest BCUT2D eigenvalue weighted by molar-refractivity contribution is 6.01. The molecule has 7 nitrogen and oxygen atoms in total. The van der Waals surface area contributed by atoms with E-state index in [-0.39, 0.29) is 11.7 Å². The van der Waals surface area contributed by atoms with E-state index in [0.29, 0.717) is 11.4 Å². The number of ether oxygens (including phenoxy) is 2. The number of hydrogen-bond acceptors (Lipinski definition) is 6. The number of carbonyl (C=O) groups is 1. The Morgan fingerprint density at radius 1 is 0.833 bits per heavy atom. The van der Waals surface area contributed by atoms with Gasteiger partial charge >= 0.3 is 0 Å². The minimum Gasteiger partial charge on any atom is -0.497 e. The molecule has 30 heavy (non-hydrogen) atoms. The highest BCUT2D eigenvalue weighted by Crippen LogP contribution is 2.28. The summed E-state index contributed by atoms with van der Waals surface area (Å²) in [5, 5.41) is 2.71. The zero-order valence-corrected chi connectivity index (χ0v) is 16.5. The van der Waals surface area contributed by atoms with Gasteiger partial charge in [0.05, 0.1) is 31.9 Å². The maximum Gasteiger partial charge on any atom is 0.293 e. The predicted molar refractivity (Wildman–Crippen MR) is 113 cm³/mol. The zero-order chi connectivity index (χ0) is 20.9. The van der Waals surface area contributed by atoms with Crippen LogP contribution in [0.15, 0.2) is 77.4 Å². The second-order valence-corrected chi connectivity index (χ2v) is 6.35. The van der Waals surface area contributed by atoms with E-state index in [9.17, 15) is 4.79 Å². The van der Waals surface area contributed by atoms with Crippen molar-refractivity contribution in [3.8, 4) is 34.0 Å². The van der Waals surface area contributed by atoms with Gasteiger partial charge in [-0.15, -0.1) is 0 Å². The Kier molecular flexibility index (Phi) is 5.43. The van der Waals surface area contributed by atoms with Gasteiger partial charge in [-0.3, -0.25) is 10.1 Å². The van der Waals surface area contributed by atoms with Crippen LogP contribution in [0.4, 0.5) is 5.95 Å². The smallest absolute Gasteiger partial charge is 0.293 e. The van der Waals surface area contributed by atoms with Crippen molar-refractivity contribution in [2.45, 2.75) is 0 Å². The Hall–Kier alpha value is -4.13. The number of hydrogen-bond donors (Lipinski definition) is 1. The number of furan rings is 1. The molecule has 0 aliphatic heterocycles. The van der Waals surface area contributed by atoms with Crippen molar-refractivity contribution in [2.24, 2.45) is 0 Å². The van der Waals surface area contributed by atoms with Crippen LogP contribution in [0.2, 0.25) is 0 Å². The maximum atomic E-state index is 12.4. The summed E-state index contributed by atoms with van der Waals surface area (Å²) in [5.74, 6) is 1.42. The number of aromatic nitrogens is 2. The van der Waals surface area contributed by atoms with E-state index < -0.39 is 5.91 Å². The average Bonchev–Trinajstić information content (AvgIpc) is 3.34. The first-order valence-corrected chi connectivity index (χ1v) is 9.19. The number of anilines is 1. The molecule has 0 saturated heterocycles. The van der Waals surface area contributed by atoms with Crippen molar-refractivity contribution in [3.63, 3.8) is 0 Å². The van der Waals surface area contributed by atoms with Crippen molar-refractivity contribution in [2.75, 3.05) is 19.5 Å². The molecule has 0 unspecified atom stereocenters. The second kappa shape index (κ2) is 8.48. The van der Waals surface area contributed by atoms with Crippen molar-refractivity contribution in [3.05, 3.63) is 78.8 Å². The largest absolute Gasteiger partial charge is 0.497 e. The van der Waals surface area contributed by atoms with E-state index in [0.717, 1.165) is 22.6 Å². The summed E-state index contributed by atoms with van der Waals surface area (Å²) < 4.78 is 15.6. The summed E-state index contributed by atoms with van der Waals surface area (Å²) in [6.07, 6.45) is 1.44. The van der Waals surface area contributed by atoms with Crippen LogP contribution in [0, 0.1) is 0 Å².